The molecule has 2 rings (SSSR count). The number of carboxylic acid groups (broad SMARTS) is 1. The average Bonchev–Trinajstić information content (AvgIpc) is 2.68. The average molecular weight is 441 g/mol. The van der Waals surface area contributed by atoms with Crippen molar-refractivity contribution in [3.05, 3.63) is 65.5 Å². The van der Waals surface area contributed by atoms with E-state index < -0.39 is 11.8 Å². The van der Waals surface area contributed by atoms with Crippen LogP contribution in [0, 0.1) is 17.7 Å². The maximum absolute atomic E-state index is 14.0. The van der Waals surface area contributed by atoms with E-state index in [-0.39, 0.29) is 12.3 Å². The molecule has 0 aliphatic carbocycles. The minimum Gasteiger partial charge on any atom is -0.478 e. The maximum atomic E-state index is 14.0. The van der Waals surface area contributed by atoms with Gasteiger partial charge in [-0.1, -0.05) is 52.0 Å². The number of carbonyl (C=O) groups is 2. The van der Waals surface area contributed by atoms with Crippen LogP contribution in [0.25, 0.3) is 5.57 Å². The first-order chi connectivity index (χ1) is 15.1. The van der Waals surface area contributed by atoms with E-state index >= 15 is 0 Å². The van der Waals surface area contributed by atoms with E-state index in [0.29, 0.717) is 34.2 Å². The summed E-state index contributed by atoms with van der Waals surface area (Å²) in [6.45, 7) is 11.9. The molecule has 0 fully saturated rings. The maximum Gasteiger partial charge on any atom is 0.328 e. The van der Waals surface area contributed by atoms with Gasteiger partial charge in [-0.25, -0.2) is 9.18 Å². The van der Waals surface area contributed by atoms with E-state index in [1.54, 1.807) is 31.2 Å². The molecule has 1 amide bonds. The molecule has 0 heterocycles. The number of carboxylic acids is 1. The van der Waals surface area contributed by atoms with Gasteiger partial charge in [-0.2, -0.15) is 0 Å². The molecule has 0 saturated heterocycles. The van der Waals surface area contributed by atoms with Crippen LogP contribution in [-0.4, -0.2) is 30.1 Å². The zero-order valence-corrected chi connectivity index (χ0v) is 19.5. The predicted octanol–water partition coefficient (Wildman–Crippen LogP) is 5.61. The normalized spacial score (nSPS) is 11.7. The molecule has 0 bridgehead atoms. The van der Waals surface area contributed by atoms with E-state index in [1.165, 1.54) is 6.07 Å². The lowest BCUT2D eigenvalue weighted by Gasteiger charge is -2.31. The third-order valence-corrected chi connectivity index (χ3v) is 4.89. The van der Waals surface area contributed by atoms with Gasteiger partial charge in [-0.3, -0.25) is 4.79 Å². The van der Waals surface area contributed by atoms with Crippen molar-refractivity contribution in [2.75, 3.05) is 23.3 Å². The van der Waals surface area contributed by atoms with Gasteiger partial charge in [0.1, 0.15) is 5.82 Å². The Kier molecular flexibility index (Phi) is 9.00. The van der Waals surface area contributed by atoms with Crippen LogP contribution in [0.15, 0.2) is 48.5 Å². The first-order valence-corrected chi connectivity index (χ1v) is 10.9. The van der Waals surface area contributed by atoms with Crippen molar-refractivity contribution in [3.8, 4) is 0 Å². The molecule has 2 aromatic carbocycles. The highest BCUT2D eigenvalue weighted by atomic mass is 19.1. The molecule has 5 nitrogen and oxygen atoms in total. The fraction of sp³-hybridized carbons (Fsp3) is 0.385. The van der Waals surface area contributed by atoms with Crippen LogP contribution in [-0.2, 0) is 16.0 Å². The number of carbonyl (C=O) groups excluding carboxylic acids is 1. The molecule has 6 heteroatoms. The summed E-state index contributed by atoms with van der Waals surface area (Å²) in [6.07, 6.45) is 1.05. The largest absolute Gasteiger partial charge is 0.478 e. The van der Waals surface area contributed by atoms with E-state index in [9.17, 15) is 14.0 Å². The Morgan fingerprint density at radius 1 is 1.06 bits per heavy atom. The molecule has 2 N–H and O–H groups in total. The number of benzene rings is 2. The molecule has 0 atom stereocenters. The second-order valence-electron chi connectivity index (χ2n) is 8.91. The molecule has 0 unspecified atom stereocenters. The number of hydrogen-bond donors (Lipinski definition) is 2. The van der Waals surface area contributed by atoms with Crippen molar-refractivity contribution < 1.29 is 19.1 Å². The summed E-state index contributed by atoms with van der Waals surface area (Å²) >= 11 is 0. The number of aliphatic carboxylic acids is 1. The first kappa shape index (κ1) is 25.1. The van der Waals surface area contributed by atoms with Crippen molar-refractivity contribution in [2.24, 2.45) is 11.8 Å². The summed E-state index contributed by atoms with van der Waals surface area (Å²) in [5.41, 5.74) is 3.05. The summed E-state index contributed by atoms with van der Waals surface area (Å²) in [7, 11) is 0. The topological polar surface area (TPSA) is 69.6 Å². The Balaban J connectivity index is 2.44. The molecule has 0 radical (unpaired) electrons. The Labute approximate surface area is 190 Å². The molecule has 0 aliphatic heterocycles. The SMILES string of the molecule is C/C(=C\C(=O)O)c1ccc(N(CC(C)C)CC(C)C)c(NC(=O)Cc2ccccc2F)c1. The number of amides is 1. The Morgan fingerprint density at radius 3 is 2.25 bits per heavy atom. The number of halogens is 1. The monoisotopic (exact) mass is 440 g/mol. The molecule has 0 saturated carbocycles. The molecule has 172 valence electrons. The summed E-state index contributed by atoms with van der Waals surface area (Å²) < 4.78 is 14.0. The lowest BCUT2D eigenvalue weighted by molar-refractivity contribution is -0.131. The number of nitrogens with one attached hydrogen (secondary N) is 1. The van der Waals surface area contributed by atoms with Crippen LogP contribution in [0.2, 0.25) is 0 Å². The van der Waals surface area contributed by atoms with E-state index in [0.717, 1.165) is 24.9 Å². The van der Waals surface area contributed by atoms with Crippen molar-refractivity contribution >= 4 is 28.8 Å². The summed E-state index contributed by atoms with van der Waals surface area (Å²) in [5.74, 6) is -0.966. The molecular formula is C26H33FN2O3. The summed E-state index contributed by atoms with van der Waals surface area (Å²) in [5, 5.41) is 12.0. The highest BCUT2D eigenvalue weighted by Gasteiger charge is 2.18. The second kappa shape index (κ2) is 11.5. The third kappa shape index (κ3) is 7.52. The minimum absolute atomic E-state index is 0.0886. The summed E-state index contributed by atoms with van der Waals surface area (Å²) in [6, 6.07) is 11.8. The van der Waals surface area contributed by atoms with Crippen molar-refractivity contribution in [1.29, 1.82) is 0 Å². The van der Waals surface area contributed by atoms with Gasteiger partial charge in [-0.15, -0.1) is 0 Å². The highest BCUT2D eigenvalue weighted by molar-refractivity contribution is 5.97. The number of anilines is 2. The number of allylic oxidation sites excluding steroid dienone is 1. The standard InChI is InChI=1S/C26H33FN2O3/c1-17(2)15-29(16-18(3)4)24-11-10-20(19(5)12-26(31)32)13-23(24)28-25(30)14-21-8-6-7-9-22(21)27/h6-13,17-18H,14-16H2,1-5H3,(H,28,30)(H,31,32)/b19-12+. The zero-order chi connectivity index (χ0) is 23.8. The van der Waals surface area contributed by atoms with Gasteiger partial charge in [0.05, 0.1) is 17.8 Å². The molecule has 0 spiro atoms. The fourth-order valence-corrected chi connectivity index (χ4v) is 3.59. The van der Waals surface area contributed by atoms with Gasteiger partial charge in [0.25, 0.3) is 0 Å². The van der Waals surface area contributed by atoms with Crippen LogP contribution in [0.1, 0.15) is 45.7 Å². The number of rotatable bonds is 10. The number of hydrogen-bond acceptors (Lipinski definition) is 3. The Morgan fingerprint density at radius 2 is 1.69 bits per heavy atom. The van der Waals surface area contributed by atoms with Gasteiger partial charge in [0, 0.05) is 19.2 Å². The highest BCUT2D eigenvalue weighted by Crippen LogP contribution is 2.31. The Bertz CT molecular complexity index is 973. The molecule has 0 aromatic heterocycles. The van der Waals surface area contributed by atoms with Crippen LogP contribution in [0.5, 0.6) is 0 Å². The molecule has 32 heavy (non-hydrogen) atoms. The van der Waals surface area contributed by atoms with Gasteiger partial charge in [-0.05, 0) is 53.7 Å². The van der Waals surface area contributed by atoms with Crippen LogP contribution >= 0.6 is 0 Å². The van der Waals surface area contributed by atoms with Gasteiger partial charge >= 0.3 is 5.97 Å². The van der Waals surface area contributed by atoms with Crippen LogP contribution in [0.4, 0.5) is 15.8 Å². The number of nitrogens with zero attached hydrogens (tertiary/aromatic N) is 1. The second-order valence-corrected chi connectivity index (χ2v) is 8.91. The van der Waals surface area contributed by atoms with Crippen molar-refractivity contribution in [3.63, 3.8) is 0 Å². The van der Waals surface area contributed by atoms with E-state index in [2.05, 4.69) is 37.9 Å². The first-order valence-electron chi connectivity index (χ1n) is 10.9. The molecular weight excluding hydrogens is 407 g/mol. The quantitative estimate of drug-likeness (QED) is 0.471. The van der Waals surface area contributed by atoms with Gasteiger partial charge < -0.3 is 15.3 Å². The van der Waals surface area contributed by atoms with Crippen LogP contribution < -0.4 is 10.2 Å². The predicted molar refractivity (Wildman–Crippen MR) is 128 cm³/mol. The van der Waals surface area contributed by atoms with Crippen molar-refractivity contribution in [2.45, 2.75) is 41.0 Å². The van der Waals surface area contributed by atoms with Crippen molar-refractivity contribution in [1.82, 2.24) is 0 Å². The van der Waals surface area contributed by atoms with E-state index in [4.69, 9.17) is 5.11 Å². The summed E-state index contributed by atoms with van der Waals surface area (Å²) in [4.78, 5) is 26.1. The van der Waals surface area contributed by atoms with E-state index in [1.807, 2.05) is 12.1 Å². The molecule has 0 aliphatic rings. The van der Waals surface area contributed by atoms with Gasteiger partial charge in [0.15, 0.2) is 0 Å². The molecule has 2 aromatic rings. The zero-order valence-electron chi connectivity index (χ0n) is 19.5. The van der Waals surface area contributed by atoms with Gasteiger partial charge in [0.2, 0.25) is 5.91 Å². The minimum atomic E-state index is -1.03. The third-order valence-electron chi connectivity index (χ3n) is 4.89. The van der Waals surface area contributed by atoms with Crippen LogP contribution in [0.3, 0.4) is 0 Å². The lowest BCUT2D eigenvalue weighted by Crippen LogP contribution is -2.32. The smallest absolute Gasteiger partial charge is 0.328 e. The lowest BCUT2D eigenvalue weighted by atomic mass is 10.0. The Hall–Kier alpha value is -3.15. The fourth-order valence-electron chi connectivity index (χ4n) is 3.59.